The number of anilines is 1. The van der Waals surface area contributed by atoms with Crippen LogP contribution in [0.3, 0.4) is 0 Å². The van der Waals surface area contributed by atoms with Crippen LogP contribution in [0.1, 0.15) is 46.7 Å². The Hall–Kier alpha value is -2.77. The molecule has 0 aliphatic heterocycles. The van der Waals surface area contributed by atoms with Crippen molar-refractivity contribution >= 4 is 11.6 Å². The molecule has 0 atom stereocenters. The average Bonchev–Trinajstić information content (AvgIpc) is 2.58. The monoisotopic (exact) mass is 396 g/mol. The Bertz CT molecular complexity index is 893. The molecule has 0 saturated carbocycles. The van der Waals surface area contributed by atoms with Crippen LogP contribution < -0.4 is 14.8 Å². The van der Waals surface area contributed by atoms with Crippen LogP contribution >= 0.6 is 0 Å². The van der Waals surface area contributed by atoms with Gasteiger partial charge >= 0.3 is 11.9 Å². The minimum atomic E-state index is -5.03. The second-order valence-electron chi connectivity index (χ2n) is 7.07. The summed E-state index contributed by atoms with van der Waals surface area (Å²) in [5, 5.41) is 14.6. The lowest BCUT2D eigenvalue weighted by molar-refractivity contribution is -0.635. The Morgan fingerprint density at radius 1 is 1.25 bits per heavy atom. The standard InChI is InChI=1S/C20H23F3N2O3/c1-11(2)10-28-16-9-13(4)25(27)18(20(21,22)23)17(16)19(26)24-15-8-6-7-12(3)14(15)5/h6-9,11H,10H2,1-5H3,(H,24,26). The zero-order chi connectivity index (χ0) is 21.2. The zero-order valence-electron chi connectivity index (χ0n) is 16.4. The molecule has 0 radical (unpaired) electrons. The second-order valence-corrected chi connectivity index (χ2v) is 7.07. The van der Waals surface area contributed by atoms with Crippen molar-refractivity contribution in [2.75, 3.05) is 11.9 Å². The van der Waals surface area contributed by atoms with Crippen molar-refractivity contribution in [2.45, 2.75) is 40.8 Å². The summed E-state index contributed by atoms with van der Waals surface area (Å²) in [7, 11) is 0. The van der Waals surface area contributed by atoms with Crippen LogP contribution in [0.15, 0.2) is 24.3 Å². The maximum Gasteiger partial charge on any atom is 0.479 e. The van der Waals surface area contributed by atoms with E-state index in [1.54, 1.807) is 19.1 Å². The molecule has 5 nitrogen and oxygen atoms in total. The Kier molecular flexibility index (Phi) is 6.21. The number of aromatic nitrogens is 1. The molecule has 1 aromatic carbocycles. The number of halogens is 3. The van der Waals surface area contributed by atoms with E-state index < -0.39 is 23.3 Å². The summed E-state index contributed by atoms with van der Waals surface area (Å²) in [5.74, 6) is -1.30. The molecule has 2 rings (SSSR count). The number of alkyl halides is 3. The number of carbonyl (C=O) groups excluding carboxylic acids is 1. The Labute approximate surface area is 161 Å². The van der Waals surface area contributed by atoms with Crippen molar-refractivity contribution in [3.63, 3.8) is 0 Å². The molecule has 0 bridgehead atoms. The van der Waals surface area contributed by atoms with Gasteiger partial charge < -0.3 is 15.3 Å². The largest absolute Gasteiger partial charge is 0.618 e. The number of hydrogen-bond donors (Lipinski definition) is 1. The van der Waals surface area contributed by atoms with Gasteiger partial charge in [-0.15, -0.1) is 0 Å². The number of nitrogens with zero attached hydrogens (tertiary/aromatic N) is 1. The quantitative estimate of drug-likeness (QED) is 0.596. The van der Waals surface area contributed by atoms with E-state index in [0.717, 1.165) is 17.2 Å². The average molecular weight is 396 g/mol. The number of hydrogen-bond acceptors (Lipinski definition) is 3. The van der Waals surface area contributed by atoms with Gasteiger partial charge in [0.2, 0.25) is 0 Å². The van der Waals surface area contributed by atoms with Crippen LogP contribution in [0.2, 0.25) is 0 Å². The molecule has 0 saturated heterocycles. The third kappa shape index (κ3) is 4.55. The van der Waals surface area contributed by atoms with Gasteiger partial charge in [0, 0.05) is 18.7 Å². The molecular formula is C20H23F3N2O3. The topological polar surface area (TPSA) is 65.3 Å². The first-order valence-electron chi connectivity index (χ1n) is 8.78. The van der Waals surface area contributed by atoms with E-state index >= 15 is 0 Å². The molecule has 1 N–H and O–H groups in total. The summed E-state index contributed by atoms with van der Waals surface area (Å²) in [6, 6.07) is 6.24. The van der Waals surface area contributed by atoms with Gasteiger partial charge in [-0.3, -0.25) is 4.79 Å². The molecule has 28 heavy (non-hydrogen) atoms. The minimum absolute atomic E-state index is 0.0177. The number of nitrogens with one attached hydrogen (secondary N) is 1. The highest BCUT2D eigenvalue weighted by Gasteiger charge is 2.47. The predicted octanol–water partition coefficient (Wildman–Crippen LogP) is 4.55. The van der Waals surface area contributed by atoms with E-state index in [-0.39, 0.29) is 28.7 Å². The van der Waals surface area contributed by atoms with Gasteiger partial charge in [-0.25, -0.2) is 0 Å². The lowest BCUT2D eigenvalue weighted by atomic mass is 10.1. The lowest BCUT2D eigenvalue weighted by Crippen LogP contribution is -2.42. The number of ether oxygens (including phenoxy) is 1. The molecule has 0 aliphatic rings. The maximum absolute atomic E-state index is 13.7. The third-order valence-electron chi connectivity index (χ3n) is 4.27. The van der Waals surface area contributed by atoms with Gasteiger partial charge in [0.15, 0.2) is 11.3 Å². The SMILES string of the molecule is Cc1cccc(NC(=O)c2c(OCC(C)C)cc(C)[n+]([O-])c2C(F)(F)F)c1C. The summed E-state index contributed by atoms with van der Waals surface area (Å²) in [4.78, 5) is 12.8. The Balaban J connectivity index is 2.62. The molecule has 1 amide bonds. The second kappa shape index (κ2) is 8.08. The van der Waals surface area contributed by atoms with Crippen LogP contribution in [0.4, 0.5) is 18.9 Å². The highest BCUT2D eigenvalue weighted by atomic mass is 19.4. The summed E-state index contributed by atoms with van der Waals surface area (Å²) in [5.41, 5.74) is -0.673. The van der Waals surface area contributed by atoms with Gasteiger partial charge in [-0.2, -0.15) is 17.9 Å². The van der Waals surface area contributed by atoms with E-state index in [1.165, 1.54) is 6.92 Å². The fourth-order valence-corrected chi connectivity index (χ4v) is 2.63. The van der Waals surface area contributed by atoms with Gasteiger partial charge in [-0.1, -0.05) is 26.0 Å². The van der Waals surface area contributed by atoms with Gasteiger partial charge in [0.05, 0.1) is 6.61 Å². The van der Waals surface area contributed by atoms with Crippen LogP contribution in [-0.2, 0) is 6.18 Å². The minimum Gasteiger partial charge on any atom is -0.618 e. The molecule has 2 aromatic rings. The number of carbonyl (C=O) groups is 1. The number of benzene rings is 1. The number of amides is 1. The smallest absolute Gasteiger partial charge is 0.479 e. The predicted molar refractivity (Wildman–Crippen MR) is 99.3 cm³/mol. The van der Waals surface area contributed by atoms with E-state index in [1.807, 2.05) is 26.8 Å². The first-order valence-corrected chi connectivity index (χ1v) is 8.78. The molecule has 1 aromatic heterocycles. The molecule has 1 heterocycles. The Morgan fingerprint density at radius 2 is 1.89 bits per heavy atom. The van der Waals surface area contributed by atoms with Crippen LogP contribution in [0, 0.1) is 31.9 Å². The molecule has 0 fully saturated rings. The summed E-state index contributed by atoms with van der Waals surface area (Å²) in [6.45, 7) is 8.55. The van der Waals surface area contributed by atoms with Crippen LogP contribution in [-0.4, -0.2) is 12.5 Å². The molecule has 152 valence electrons. The first-order chi connectivity index (χ1) is 12.9. The zero-order valence-corrected chi connectivity index (χ0v) is 16.4. The van der Waals surface area contributed by atoms with Crippen molar-refractivity contribution in [1.82, 2.24) is 0 Å². The van der Waals surface area contributed by atoms with Crippen molar-refractivity contribution in [2.24, 2.45) is 5.92 Å². The highest BCUT2D eigenvalue weighted by Crippen LogP contribution is 2.35. The van der Waals surface area contributed by atoms with Gasteiger partial charge in [-0.05, 0) is 37.0 Å². The van der Waals surface area contributed by atoms with Crippen molar-refractivity contribution in [3.8, 4) is 5.75 Å². The fraction of sp³-hybridized carbons (Fsp3) is 0.400. The molecule has 0 aliphatic carbocycles. The summed E-state index contributed by atoms with van der Waals surface area (Å²) < 4.78 is 46.2. The number of rotatable bonds is 5. The fourth-order valence-electron chi connectivity index (χ4n) is 2.63. The molecule has 0 spiro atoms. The molecule has 8 heteroatoms. The lowest BCUT2D eigenvalue weighted by Gasteiger charge is -2.19. The summed E-state index contributed by atoms with van der Waals surface area (Å²) in [6.07, 6.45) is -5.03. The first kappa shape index (κ1) is 21.5. The van der Waals surface area contributed by atoms with Crippen molar-refractivity contribution in [1.29, 1.82) is 0 Å². The van der Waals surface area contributed by atoms with E-state index in [0.29, 0.717) is 5.69 Å². The maximum atomic E-state index is 13.7. The normalized spacial score (nSPS) is 11.6. The van der Waals surface area contributed by atoms with E-state index in [4.69, 9.17) is 4.74 Å². The van der Waals surface area contributed by atoms with Crippen molar-refractivity contribution < 1.29 is 27.4 Å². The third-order valence-corrected chi connectivity index (χ3v) is 4.27. The van der Waals surface area contributed by atoms with Crippen LogP contribution in [0.5, 0.6) is 5.75 Å². The van der Waals surface area contributed by atoms with E-state index in [9.17, 15) is 23.2 Å². The number of aryl methyl sites for hydroxylation is 2. The van der Waals surface area contributed by atoms with Crippen LogP contribution in [0.25, 0.3) is 0 Å². The Morgan fingerprint density at radius 3 is 2.46 bits per heavy atom. The van der Waals surface area contributed by atoms with Gasteiger partial charge in [0.25, 0.3) is 5.91 Å². The van der Waals surface area contributed by atoms with Crippen molar-refractivity contribution in [3.05, 3.63) is 57.6 Å². The number of pyridine rings is 1. The highest BCUT2D eigenvalue weighted by molar-refractivity contribution is 6.07. The summed E-state index contributed by atoms with van der Waals surface area (Å²) >= 11 is 0. The van der Waals surface area contributed by atoms with Gasteiger partial charge in [0.1, 0.15) is 5.75 Å². The molecule has 0 unspecified atom stereocenters. The molecular weight excluding hydrogens is 373 g/mol. The van der Waals surface area contributed by atoms with E-state index in [2.05, 4.69) is 5.32 Å².